The number of hydrogen-bond donors (Lipinski definition) is 1. The molecule has 0 fully saturated rings. The van der Waals surface area contributed by atoms with E-state index in [2.05, 4.69) is 43.4 Å². The van der Waals surface area contributed by atoms with E-state index in [9.17, 15) is 0 Å². The van der Waals surface area contributed by atoms with E-state index in [-0.39, 0.29) is 6.04 Å². The molecule has 0 amide bonds. The van der Waals surface area contributed by atoms with Crippen LogP contribution in [0, 0.1) is 18.4 Å². The van der Waals surface area contributed by atoms with Gasteiger partial charge in [0.05, 0.1) is 7.11 Å². The lowest BCUT2D eigenvalue weighted by Crippen LogP contribution is -2.23. The van der Waals surface area contributed by atoms with Gasteiger partial charge in [-0.1, -0.05) is 36.4 Å². The Morgan fingerprint density at radius 1 is 1.20 bits per heavy atom. The van der Waals surface area contributed by atoms with Crippen molar-refractivity contribution in [1.29, 1.82) is 5.26 Å². The maximum atomic E-state index is 9.00. The van der Waals surface area contributed by atoms with E-state index in [4.69, 9.17) is 15.0 Å². The zero-order valence-corrected chi connectivity index (χ0v) is 15.1. The van der Waals surface area contributed by atoms with Gasteiger partial charge in [0.25, 0.3) is 0 Å². The summed E-state index contributed by atoms with van der Waals surface area (Å²) >= 11 is 0. The topological polar surface area (TPSA) is 57.4 Å². The fraction of sp³-hybridized carbons (Fsp3) is 0.333. The van der Waals surface area contributed by atoms with Crippen LogP contribution < -0.4 is 10.1 Å². The van der Waals surface area contributed by atoms with Crippen LogP contribution in [0.4, 0.5) is 0 Å². The summed E-state index contributed by atoms with van der Waals surface area (Å²) in [5, 5.41) is 11.7. The quantitative estimate of drug-likeness (QED) is 0.360. The van der Waals surface area contributed by atoms with E-state index in [0.717, 1.165) is 24.4 Å². The van der Waals surface area contributed by atoms with Crippen LogP contribution in [-0.4, -0.2) is 19.0 Å². The number of aryl methyl sites for hydroxylation is 2. The van der Waals surface area contributed by atoms with E-state index in [1.807, 2.05) is 30.5 Å². The number of rotatable bonds is 7. The second-order valence-electron chi connectivity index (χ2n) is 6.15. The van der Waals surface area contributed by atoms with Gasteiger partial charge in [-0.05, 0) is 55.5 Å². The Labute approximate surface area is 150 Å². The van der Waals surface area contributed by atoms with E-state index in [1.165, 1.54) is 16.7 Å². The van der Waals surface area contributed by atoms with Crippen molar-refractivity contribution in [2.75, 3.05) is 7.11 Å². The molecule has 0 radical (unpaired) electrons. The van der Waals surface area contributed by atoms with Gasteiger partial charge >= 0.3 is 0 Å². The number of aliphatic imine (C=N–C) groups is 1. The predicted octanol–water partition coefficient (Wildman–Crippen LogP) is 4.04. The molecule has 2 aromatic carbocycles. The van der Waals surface area contributed by atoms with Gasteiger partial charge in [-0.15, -0.1) is 0 Å². The normalized spacial score (nSPS) is 12.3. The molecule has 0 spiro atoms. The largest absolute Gasteiger partial charge is 0.497 e. The molecule has 0 aliphatic heterocycles. The van der Waals surface area contributed by atoms with E-state index in [1.54, 1.807) is 7.11 Å². The maximum Gasteiger partial charge on any atom is 0.182 e. The minimum atomic E-state index is 0.141. The summed E-state index contributed by atoms with van der Waals surface area (Å²) in [5.41, 5.74) is 3.66. The van der Waals surface area contributed by atoms with Crippen molar-refractivity contribution in [2.24, 2.45) is 4.99 Å². The lowest BCUT2D eigenvalue weighted by atomic mass is 10.0. The van der Waals surface area contributed by atoms with Crippen LogP contribution in [0.15, 0.2) is 53.5 Å². The van der Waals surface area contributed by atoms with Crippen LogP contribution in [0.1, 0.15) is 30.0 Å². The van der Waals surface area contributed by atoms with Crippen molar-refractivity contribution in [3.63, 3.8) is 0 Å². The molecule has 0 bridgehead atoms. The molecule has 2 rings (SSSR count). The molecule has 0 heterocycles. The first kappa shape index (κ1) is 18.5. The fourth-order valence-electron chi connectivity index (χ4n) is 2.67. The Morgan fingerprint density at radius 2 is 1.92 bits per heavy atom. The summed E-state index contributed by atoms with van der Waals surface area (Å²) in [7, 11) is 1.67. The van der Waals surface area contributed by atoms with Gasteiger partial charge in [-0.2, -0.15) is 5.26 Å². The average molecular weight is 335 g/mol. The summed E-state index contributed by atoms with van der Waals surface area (Å²) in [4.78, 5) is 4.71. The lowest BCUT2D eigenvalue weighted by molar-refractivity contribution is 0.414. The molecule has 0 aliphatic rings. The van der Waals surface area contributed by atoms with E-state index >= 15 is 0 Å². The van der Waals surface area contributed by atoms with Gasteiger partial charge in [0.1, 0.15) is 11.6 Å². The van der Waals surface area contributed by atoms with E-state index < -0.39 is 0 Å². The zero-order chi connectivity index (χ0) is 18.1. The first-order valence-electron chi connectivity index (χ1n) is 8.51. The van der Waals surface area contributed by atoms with Gasteiger partial charge < -0.3 is 4.74 Å². The molecule has 2 aromatic rings. The molecular weight excluding hydrogens is 310 g/mol. The van der Waals surface area contributed by atoms with Crippen molar-refractivity contribution in [3.05, 3.63) is 65.2 Å². The molecule has 0 aromatic heterocycles. The Kier molecular flexibility index (Phi) is 7.03. The van der Waals surface area contributed by atoms with Crippen molar-refractivity contribution in [2.45, 2.75) is 39.2 Å². The first-order valence-corrected chi connectivity index (χ1v) is 8.51. The zero-order valence-electron chi connectivity index (χ0n) is 15.1. The van der Waals surface area contributed by atoms with Gasteiger partial charge in [0.15, 0.2) is 6.19 Å². The summed E-state index contributed by atoms with van der Waals surface area (Å²) in [6.45, 7) is 4.16. The number of nitrogens with zero attached hydrogens (tertiary/aromatic N) is 2. The number of amidine groups is 1. The Hall–Kier alpha value is -2.80. The number of benzene rings is 2. The first-order chi connectivity index (χ1) is 12.1. The molecule has 1 N–H and O–H groups in total. The molecule has 4 nitrogen and oxygen atoms in total. The highest BCUT2D eigenvalue weighted by Gasteiger charge is 2.07. The second kappa shape index (κ2) is 9.48. The van der Waals surface area contributed by atoms with Crippen molar-refractivity contribution in [1.82, 2.24) is 5.32 Å². The van der Waals surface area contributed by atoms with Crippen molar-refractivity contribution >= 4 is 5.84 Å². The number of ether oxygens (including phenoxy) is 1. The molecule has 0 saturated heterocycles. The summed E-state index contributed by atoms with van der Waals surface area (Å²) in [5.74, 6) is 1.59. The van der Waals surface area contributed by atoms with E-state index in [0.29, 0.717) is 6.42 Å². The Bertz CT molecular complexity index is 744. The van der Waals surface area contributed by atoms with Gasteiger partial charge in [0.2, 0.25) is 0 Å². The number of nitrogens with one attached hydrogen (secondary N) is 1. The number of nitriles is 1. The van der Waals surface area contributed by atoms with Gasteiger partial charge in [0, 0.05) is 12.5 Å². The summed E-state index contributed by atoms with van der Waals surface area (Å²) in [6, 6.07) is 16.4. The van der Waals surface area contributed by atoms with Crippen LogP contribution in [0.25, 0.3) is 0 Å². The highest BCUT2D eigenvalue weighted by atomic mass is 16.5. The van der Waals surface area contributed by atoms with Gasteiger partial charge in [-0.25, -0.2) is 0 Å². The van der Waals surface area contributed by atoms with Crippen LogP contribution in [0.5, 0.6) is 5.75 Å². The van der Waals surface area contributed by atoms with Crippen LogP contribution in [-0.2, 0) is 12.8 Å². The second-order valence-corrected chi connectivity index (χ2v) is 6.15. The fourth-order valence-corrected chi connectivity index (χ4v) is 2.67. The SMILES string of the molecule is COc1ccc(CCC(C)N=C(Cc2ccccc2C)NC#N)cc1. The minimum Gasteiger partial charge on any atom is -0.497 e. The molecular formula is C21H25N3O. The number of hydrogen-bond acceptors (Lipinski definition) is 3. The third kappa shape index (κ3) is 5.96. The standard InChI is InChI=1S/C21H25N3O/c1-16-6-4-5-7-19(16)14-21(23-15-22)24-17(2)8-9-18-10-12-20(25-3)13-11-18/h4-7,10-13,17H,8-9,14H2,1-3H3,(H,23,24). The highest BCUT2D eigenvalue weighted by molar-refractivity contribution is 5.86. The Balaban J connectivity index is 1.98. The lowest BCUT2D eigenvalue weighted by Gasteiger charge is -2.12. The maximum absolute atomic E-state index is 9.00. The highest BCUT2D eigenvalue weighted by Crippen LogP contribution is 2.14. The molecule has 0 saturated carbocycles. The average Bonchev–Trinajstić information content (AvgIpc) is 2.62. The monoisotopic (exact) mass is 335 g/mol. The van der Waals surface area contributed by atoms with Crippen molar-refractivity contribution < 1.29 is 4.74 Å². The van der Waals surface area contributed by atoms with Crippen molar-refractivity contribution in [3.8, 4) is 11.9 Å². The van der Waals surface area contributed by atoms with Gasteiger partial charge in [-0.3, -0.25) is 10.3 Å². The van der Waals surface area contributed by atoms with Crippen LogP contribution >= 0.6 is 0 Å². The molecule has 1 unspecified atom stereocenters. The molecule has 130 valence electrons. The Morgan fingerprint density at radius 3 is 2.56 bits per heavy atom. The molecule has 0 aliphatic carbocycles. The third-order valence-electron chi connectivity index (χ3n) is 4.21. The van der Waals surface area contributed by atoms with Crippen LogP contribution in [0.3, 0.4) is 0 Å². The van der Waals surface area contributed by atoms with Crippen LogP contribution in [0.2, 0.25) is 0 Å². The number of methoxy groups -OCH3 is 1. The minimum absolute atomic E-state index is 0.141. The molecule has 4 heteroatoms. The summed E-state index contributed by atoms with van der Waals surface area (Å²) in [6.07, 6.45) is 4.52. The predicted molar refractivity (Wildman–Crippen MR) is 102 cm³/mol. The smallest absolute Gasteiger partial charge is 0.182 e. The molecule has 25 heavy (non-hydrogen) atoms. The third-order valence-corrected chi connectivity index (χ3v) is 4.21. The molecule has 1 atom stereocenters. The summed E-state index contributed by atoms with van der Waals surface area (Å²) < 4.78 is 5.18.